The SMILES string of the molecule is CC(=N)N1C(=N)[C@H](Cc2nnc(C)o2)N=C(c2ccc(Cl)cc2)c2c1sc(C#Cc1ncccc1F)c2C. The van der Waals surface area contributed by atoms with Crippen LogP contribution in [0.2, 0.25) is 5.02 Å². The lowest BCUT2D eigenvalue weighted by molar-refractivity contribution is 0.462. The first kappa shape index (κ1) is 25.4. The van der Waals surface area contributed by atoms with Crippen LogP contribution in [0.5, 0.6) is 0 Å². The zero-order valence-corrected chi connectivity index (χ0v) is 22.2. The first-order valence-electron chi connectivity index (χ1n) is 11.6. The normalized spacial score (nSPS) is 14.9. The lowest BCUT2D eigenvalue weighted by atomic mass is 9.99. The molecule has 190 valence electrons. The molecule has 2 N–H and O–H groups in total. The Bertz CT molecular complexity index is 1660. The third-order valence-corrected chi connectivity index (χ3v) is 7.30. The molecule has 1 aliphatic heterocycles. The average molecular weight is 546 g/mol. The minimum absolute atomic E-state index is 0.0461. The lowest BCUT2D eigenvalue weighted by Crippen LogP contribution is -2.40. The largest absolute Gasteiger partial charge is 0.426 e. The molecular weight excluding hydrogens is 525 g/mol. The number of pyridine rings is 1. The molecule has 0 aliphatic carbocycles. The van der Waals surface area contributed by atoms with Crippen LogP contribution in [0.4, 0.5) is 9.39 Å². The van der Waals surface area contributed by atoms with Crippen molar-refractivity contribution in [2.75, 3.05) is 4.90 Å². The lowest BCUT2D eigenvalue weighted by Gasteiger charge is -2.24. The summed E-state index contributed by atoms with van der Waals surface area (Å²) in [6.07, 6.45) is 1.68. The summed E-state index contributed by atoms with van der Waals surface area (Å²) in [5, 5.41) is 26.8. The molecule has 0 unspecified atom stereocenters. The number of thiophene rings is 1. The van der Waals surface area contributed by atoms with E-state index in [2.05, 4.69) is 27.0 Å². The Kier molecular flexibility index (Phi) is 6.89. The van der Waals surface area contributed by atoms with E-state index in [1.165, 1.54) is 29.7 Å². The zero-order chi connectivity index (χ0) is 27.0. The van der Waals surface area contributed by atoms with Crippen LogP contribution >= 0.6 is 22.9 Å². The molecule has 11 heteroatoms. The Hall–Kier alpha value is -4.20. The number of fused-ring (bicyclic) bond motifs is 1. The number of nitrogens with one attached hydrogen (secondary N) is 2. The highest BCUT2D eigenvalue weighted by atomic mass is 35.5. The first-order valence-corrected chi connectivity index (χ1v) is 12.7. The average Bonchev–Trinajstić information content (AvgIpc) is 3.40. The van der Waals surface area contributed by atoms with Gasteiger partial charge in [-0.1, -0.05) is 23.7 Å². The molecule has 0 saturated carbocycles. The number of anilines is 1. The van der Waals surface area contributed by atoms with Gasteiger partial charge in [0.15, 0.2) is 5.82 Å². The van der Waals surface area contributed by atoms with Gasteiger partial charge in [0.2, 0.25) is 11.8 Å². The van der Waals surface area contributed by atoms with Crippen LogP contribution in [0.15, 0.2) is 52.0 Å². The maximum Gasteiger partial charge on any atom is 0.219 e. The number of amidine groups is 2. The van der Waals surface area contributed by atoms with Crippen LogP contribution < -0.4 is 4.90 Å². The van der Waals surface area contributed by atoms with Crippen LogP contribution in [0.1, 0.15) is 46.0 Å². The number of aliphatic imine (C=N–C) groups is 1. The summed E-state index contributed by atoms with van der Waals surface area (Å²) in [5.41, 5.74) is 3.00. The van der Waals surface area contributed by atoms with E-state index in [4.69, 9.17) is 31.8 Å². The van der Waals surface area contributed by atoms with E-state index in [1.807, 2.05) is 19.1 Å². The van der Waals surface area contributed by atoms with E-state index in [-0.39, 0.29) is 23.8 Å². The summed E-state index contributed by atoms with van der Waals surface area (Å²) < 4.78 is 19.7. The number of rotatable bonds is 3. The molecule has 38 heavy (non-hydrogen) atoms. The van der Waals surface area contributed by atoms with Gasteiger partial charge < -0.3 is 4.42 Å². The molecule has 1 aliphatic rings. The molecule has 0 radical (unpaired) electrons. The van der Waals surface area contributed by atoms with Crippen molar-refractivity contribution in [1.29, 1.82) is 10.8 Å². The molecule has 0 spiro atoms. The van der Waals surface area contributed by atoms with E-state index >= 15 is 0 Å². The first-order chi connectivity index (χ1) is 18.2. The van der Waals surface area contributed by atoms with Crippen molar-refractivity contribution in [3.8, 4) is 11.8 Å². The Labute approximate surface area is 227 Å². The highest BCUT2D eigenvalue weighted by Crippen LogP contribution is 2.40. The monoisotopic (exact) mass is 545 g/mol. The van der Waals surface area contributed by atoms with Gasteiger partial charge in [-0.05, 0) is 55.5 Å². The van der Waals surface area contributed by atoms with Crippen molar-refractivity contribution >= 4 is 45.3 Å². The van der Waals surface area contributed by atoms with Gasteiger partial charge in [-0.15, -0.1) is 21.5 Å². The minimum atomic E-state index is -0.697. The maximum atomic E-state index is 14.2. The van der Waals surface area contributed by atoms with Crippen molar-refractivity contribution in [3.63, 3.8) is 0 Å². The number of hydrogen-bond acceptors (Lipinski definition) is 8. The number of benzene rings is 1. The number of aryl methyl sites for hydroxylation is 1. The molecular formula is C27H21ClFN7OS. The van der Waals surface area contributed by atoms with Crippen molar-refractivity contribution in [1.82, 2.24) is 15.2 Å². The molecule has 4 heterocycles. The van der Waals surface area contributed by atoms with Crippen LogP contribution in [-0.4, -0.2) is 38.6 Å². The number of hydrogen-bond donors (Lipinski definition) is 2. The third kappa shape index (κ3) is 4.86. The highest BCUT2D eigenvalue weighted by molar-refractivity contribution is 7.17. The second kappa shape index (κ2) is 10.3. The molecule has 0 saturated heterocycles. The van der Waals surface area contributed by atoms with E-state index < -0.39 is 11.9 Å². The maximum absolute atomic E-state index is 14.2. The van der Waals surface area contributed by atoms with E-state index in [0.29, 0.717) is 32.4 Å². The molecule has 8 nitrogen and oxygen atoms in total. The fourth-order valence-corrected chi connectivity index (χ4v) is 5.43. The van der Waals surface area contributed by atoms with Gasteiger partial charge in [0.25, 0.3) is 0 Å². The summed E-state index contributed by atoms with van der Waals surface area (Å²) in [4.78, 5) is 11.2. The summed E-state index contributed by atoms with van der Waals surface area (Å²) >= 11 is 7.48. The molecule has 1 atom stereocenters. The van der Waals surface area contributed by atoms with Crippen molar-refractivity contribution in [3.05, 3.63) is 92.5 Å². The molecule has 0 bridgehead atoms. The topological polar surface area (TPSA) is 115 Å². The summed E-state index contributed by atoms with van der Waals surface area (Å²) in [6, 6.07) is 9.40. The van der Waals surface area contributed by atoms with Crippen molar-refractivity contribution < 1.29 is 8.81 Å². The molecule has 3 aromatic heterocycles. The summed E-state index contributed by atoms with van der Waals surface area (Å²) in [6.45, 7) is 5.22. The fourth-order valence-electron chi connectivity index (χ4n) is 4.07. The number of aromatic nitrogens is 3. The van der Waals surface area contributed by atoms with Crippen LogP contribution in [0, 0.1) is 42.3 Å². The second-order valence-electron chi connectivity index (χ2n) is 8.55. The Balaban J connectivity index is 1.71. The predicted molar refractivity (Wildman–Crippen MR) is 146 cm³/mol. The van der Waals surface area contributed by atoms with Gasteiger partial charge in [0, 0.05) is 29.3 Å². The number of nitrogens with zero attached hydrogens (tertiary/aromatic N) is 5. The van der Waals surface area contributed by atoms with Crippen molar-refractivity contribution in [2.24, 2.45) is 4.99 Å². The molecule has 4 aromatic rings. The van der Waals surface area contributed by atoms with Crippen molar-refractivity contribution in [2.45, 2.75) is 33.2 Å². The van der Waals surface area contributed by atoms with E-state index in [9.17, 15) is 4.39 Å². The Morgan fingerprint density at radius 1 is 1.18 bits per heavy atom. The van der Waals surface area contributed by atoms with Gasteiger partial charge in [0.1, 0.15) is 28.4 Å². The Morgan fingerprint density at radius 3 is 2.61 bits per heavy atom. The quantitative estimate of drug-likeness (QED) is 0.198. The molecule has 0 fully saturated rings. The standard InChI is InChI=1S/C27H21ClFN7OS/c1-14-22(11-10-20-19(29)5-4-12-32-20)38-27-24(14)25(17-6-8-18(28)9-7-17)33-21(26(31)36(27)15(2)30)13-23-35-34-16(3)37-23/h4-9,12,21,30-31H,13H2,1-3H3/t21-/m0/s1. The Morgan fingerprint density at radius 2 is 1.95 bits per heavy atom. The molecule has 5 rings (SSSR count). The summed E-state index contributed by atoms with van der Waals surface area (Å²) in [7, 11) is 0. The van der Waals surface area contributed by atoms with Gasteiger partial charge >= 0.3 is 0 Å². The van der Waals surface area contributed by atoms with Crippen LogP contribution in [-0.2, 0) is 6.42 Å². The van der Waals surface area contributed by atoms with Gasteiger partial charge in [-0.25, -0.2) is 9.37 Å². The van der Waals surface area contributed by atoms with Gasteiger partial charge in [-0.3, -0.25) is 20.7 Å². The summed E-state index contributed by atoms with van der Waals surface area (Å²) in [5.74, 6) is 6.37. The minimum Gasteiger partial charge on any atom is -0.426 e. The zero-order valence-electron chi connectivity index (χ0n) is 20.6. The number of halogens is 2. The van der Waals surface area contributed by atoms with Crippen LogP contribution in [0.3, 0.4) is 0 Å². The predicted octanol–water partition coefficient (Wildman–Crippen LogP) is 5.58. The third-order valence-electron chi connectivity index (χ3n) is 5.85. The smallest absolute Gasteiger partial charge is 0.219 e. The highest BCUT2D eigenvalue weighted by Gasteiger charge is 2.35. The van der Waals surface area contributed by atoms with E-state index in [1.54, 1.807) is 30.9 Å². The van der Waals surface area contributed by atoms with Gasteiger partial charge in [-0.2, -0.15) is 0 Å². The molecule has 1 aromatic carbocycles. The van der Waals surface area contributed by atoms with Crippen LogP contribution in [0.25, 0.3) is 0 Å². The molecule has 0 amide bonds. The second-order valence-corrected chi connectivity index (χ2v) is 9.98. The fraction of sp³-hybridized carbons (Fsp3) is 0.185. The van der Waals surface area contributed by atoms with E-state index in [0.717, 1.165) is 16.7 Å². The van der Waals surface area contributed by atoms with Gasteiger partial charge in [0.05, 0.1) is 17.0 Å².